The molecule has 1 atom stereocenters. The number of hydrogen-bond acceptors (Lipinski definition) is 5. The fourth-order valence-electron chi connectivity index (χ4n) is 4.15. The molecule has 0 aliphatic carbocycles. The minimum atomic E-state index is -4.55. The van der Waals surface area contributed by atoms with E-state index in [-0.39, 0.29) is 18.1 Å². The van der Waals surface area contributed by atoms with Gasteiger partial charge in [0, 0.05) is 31.2 Å². The SMILES string of the molecule is CC(Nc1nc(=O)n(C)c2ccc(C3=CCN(C(=O)O)CC3)cc12)c1cc(N)cc(C(F)(F)F)c1. The first-order valence-corrected chi connectivity index (χ1v) is 10.9. The maximum absolute atomic E-state index is 13.3. The van der Waals surface area contributed by atoms with E-state index in [9.17, 15) is 22.8 Å². The first-order chi connectivity index (χ1) is 16.4. The molecule has 4 rings (SSSR count). The van der Waals surface area contributed by atoms with E-state index in [0.717, 1.165) is 23.3 Å². The molecule has 184 valence electrons. The highest BCUT2D eigenvalue weighted by atomic mass is 19.4. The van der Waals surface area contributed by atoms with Crippen molar-refractivity contribution in [3.8, 4) is 0 Å². The second-order valence-corrected chi connectivity index (χ2v) is 8.49. The zero-order chi connectivity index (χ0) is 25.5. The average molecular weight is 487 g/mol. The number of carbonyl (C=O) groups is 1. The molecule has 0 radical (unpaired) electrons. The van der Waals surface area contributed by atoms with Crippen molar-refractivity contribution in [3.05, 3.63) is 69.6 Å². The van der Waals surface area contributed by atoms with Crippen LogP contribution in [0.3, 0.4) is 0 Å². The third-order valence-electron chi connectivity index (χ3n) is 6.12. The molecule has 8 nitrogen and oxygen atoms in total. The molecule has 2 aromatic carbocycles. The number of rotatable bonds is 4. The molecule has 1 aromatic heterocycles. The van der Waals surface area contributed by atoms with Gasteiger partial charge in [-0.2, -0.15) is 18.2 Å². The van der Waals surface area contributed by atoms with Crippen LogP contribution in [0.4, 0.5) is 29.5 Å². The first-order valence-electron chi connectivity index (χ1n) is 10.9. The summed E-state index contributed by atoms with van der Waals surface area (Å²) in [6, 6.07) is 8.18. The molecule has 0 saturated carbocycles. The predicted molar refractivity (Wildman–Crippen MR) is 127 cm³/mol. The van der Waals surface area contributed by atoms with E-state index in [1.165, 1.54) is 15.5 Å². The van der Waals surface area contributed by atoms with Crippen molar-refractivity contribution in [2.24, 2.45) is 7.05 Å². The number of nitrogens with zero attached hydrogens (tertiary/aromatic N) is 3. The van der Waals surface area contributed by atoms with Crippen LogP contribution in [0.2, 0.25) is 0 Å². The third-order valence-corrected chi connectivity index (χ3v) is 6.12. The molecule has 35 heavy (non-hydrogen) atoms. The summed E-state index contributed by atoms with van der Waals surface area (Å²) in [6.45, 7) is 2.30. The van der Waals surface area contributed by atoms with Crippen LogP contribution in [0.25, 0.3) is 16.5 Å². The fraction of sp³-hybridized carbons (Fsp3) is 0.292. The predicted octanol–water partition coefficient (Wildman–Crippen LogP) is 4.47. The Balaban J connectivity index is 1.73. The van der Waals surface area contributed by atoms with Gasteiger partial charge >= 0.3 is 18.0 Å². The number of carboxylic acid groups (broad SMARTS) is 1. The molecule has 4 N–H and O–H groups in total. The van der Waals surface area contributed by atoms with Crippen LogP contribution >= 0.6 is 0 Å². The van der Waals surface area contributed by atoms with Crippen molar-refractivity contribution in [2.45, 2.75) is 25.6 Å². The van der Waals surface area contributed by atoms with Crippen LogP contribution in [0.15, 0.2) is 47.3 Å². The van der Waals surface area contributed by atoms with E-state index in [1.807, 2.05) is 18.2 Å². The van der Waals surface area contributed by atoms with E-state index in [2.05, 4.69) is 10.3 Å². The summed E-state index contributed by atoms with van der Waals surface area (Å²) in [6.07, 6.45) is -3.15. The number of aromatic nitrogens is 2. The summed E-state index contributed by atoms with van der Waals surface area (Å²) in [5.41, 5.74) is 7.02. The summed E-state index contributed by atoms with van der Waals surface area (Å²) in [5, 5.41) is 12.8. The highest BCUT2D eigenvalue weighted by Gasteiger charge is 2.31. The van der Waals surface area contributed by atoms with Crippen molar-refractivity contribution in [2.75, 3.05) is 24.1 Å². The topological polar surface area (TPSA) is 113 Å². The van der Waals surface area contributed by atoms with Crippen LogP contribution < -0.4 is 16.7 Å². The molecule has 0 fully saturated rings. The summed E-state index contributed by atoms with van der Waals surface area (Å²) in [7, 11) is 1.59. The minimum absolute atomic E-state index is 0.0211. The van der Waals surface area contributed by atoms with Crippen molar-refractivity contribution in [1.82, 2.24) is 14.5 Å². The minimum Gasteiger partial charge on any atom is -0.465 e. The lowest BCUT2D eigenvalue weighted by Crippen LogP contribution is -2.33. The summed E-state index contributed by atoms with van der Waals surface area (Å²) in [4.78, 5) is 29.1. The van der Waals surface area contributed by atoms with Crippen molar-refractivity contribution >= 4 is 34.1 Å². The van der Waals surface area contributed by atoms with Gasteiger partial charge in [0.2, 0.25) is 0 Å². The van der Waals surface area contributed by atoms with Gasteiger partial charge in [-0.1, -0.05) is 12.1 Å². The molecule has 0 bridgehead atoms. The second kappa shape index (κ2) is 8.97. The zero-order valence-electron chi connectivity index (χ0n) is 19.1. The number of aryl methyl sites for hydroxylation is 1. The molecule has 11 heteroatoms. The van der Waals surface area contributed by atoms with E-state index in [1.54, 1.807) is 20.0 Å². The van der Waals surface area contributed by atoms with Gasteiger partial charge < -0.3 is 21.1 Å². The number of benzene rings is 2. The Bertz CT molecular complexity index is 1400. The van der Waals surface area contributed by atoms with E-state index < -0.39 is 29.6 Å². The summed E-state index contributed by atoms with van der Waals surface area (Å²) < 4.78 is 41.2. The number of hydrogen-bond donors (Lipinski definition) is 3. The largest absolute Gasteiger partial charge is 0.465 e. The number of halogens is 3. The lowest BCUT2D eigenvalue weighted by molar-refractivity contribution is -0.137. The third kappa shape index (κ3) is 4.93. The van der Waals surface area contributed by atoms with Gasteiger partial charge in [-0.15, -0.1) is 0 Å². The Morgan fingerprint density at radius 3 is 2.60 bits per heavy atom. The van der Waals surface area contributed by atoms with E-state index in [0.29, 0.717) is 29.4 Å². The monoisotopic (exact) mass is 487 g/mol. The molecular weight excluding hydrogens is 463 g/mol. The lowest BCUT2D eigenvalue weighted by atomic mass is 9.98. The number of nitrogen functional groups attached to an aromatic ring is 1. The molecule has 1 unspecified atom stereocenters. The fourth-order valence-corrected chi connectivity index (χ4v) is 4.15. The number of anilines is 2. The average Bonchev–Trinajstić information content (AvgIpc) is 2.81. The lowest BCUT2D eigenvalue weighted by Gasteiger charge is -2.24. The van der Waals surface area contributed by atoms with Gasteiger partial charge in [0.15, 0.2) is 0 Å². The van der Waals surface area contributed by atoms with Gasteiger partial charge in [0.25, 0.3) is 0 Å². The van der Waals surface area contributed by atoms with Gasteiger partial charge in [-0.25, -0.2) is 9.59 Å². The van der Waals surface area contributed by atoms with Crippen molar-refractivity contribution < 1.29 is 23.1 Å². The zero-order valence-corrected chi connectivity index (χ0v) is 19.1. The quantitative estimate of drug-likeness (QED) is 0.468. The molecular formula is C24H24F3N5O3. The van der Waals surface area contributed by atoms with Crippen LogP contribution in [0.5, 0.6) is 0 Å². The summed E-state index contributed by atoms with van der Waals surface area (Å²) >= 11 is 0. The molecule has 1 aliphatic heterocycles. The van der Waals surface area contributed by atoms with E-state index >= 15 is 0 Å². The number of nitrogens with one attached hydrogen (secondary N) is 1. The van der Waals surface area contributed by atoms with Crippen LogP contribution in [0, 0.1) is 0 Å². The number of nitrogens with two attached hydrogens (primary N) is 1. The highest BCUT2D eigenvalue weighted by molar-refractivity contribution is 5.92. The molecule has 1 amide bonds. The Labute approximate surface area is 198 Å². The van der Waals surface area contributed by atoms with Crippen molar-refractivity contribution in [3.63, 3.8) is 0 Å². The van der Waals surface area contributed by atoms with Crippen LogP contribution in [-0.4, -0.2) is 38.7 Å². The maximum atomic E-state index is 13.3. The Morgan fingerprint density at radius 1 is 1.23 bits per heavy atom. The van der Waals surface area contributed by atoms with Crippen molar-refractivity contribution in [1.29, 1.82) is 0 Å². The van der Waals surface area contributed by atoms with Crippen LogP contribution in [0.1, 0.15) is 36.1 Å². The van der Waals surface area contributed by atoms with Crippen LogP contribution in [-0.2, 0) is 13.2 Å². The number of fused-ring (bicyclic) bond motifs is 1. The maximum Gasteiger partial charge on any atom is 0.416 e. The molecule has 3 aromatic rings. The molecule has 1 aliphatic rings. The van der Waals surface area contributed by atoms with Gasteiger partial charge in [-0.3, -0.25) is 4.57 Å². The second-order valence-electron chi connectivity index (χ2n) is 8.49. The molecule has 2 heterocycles. The Kier molecular flexibility index (Phi) is 6.18. The number of amides is 1. The molecule has 0 saturated heterocycles. The Hall–Kier alpha value is -4.02. The van der Waals surface area contributed by atoms with Gasteiger partial charge in [0.05, 0.1) is 17.1 Å². The highest BCUT2D eigenvalue weighted by Crippen LogP contribution is 2.34. The number of alkyl halides is 3. The van der Waals surface area contributed by atoms with E-state index in [4.69, 9.17) is 10.8 Å². The Morgan fingerprint density at radius 2 is 1.97 bits per heavy atom. The van der Waals surface area contributed by atoms with Gasteiger partial charge in [-0.05, 0) is 60.4 Å². The summed E-state index contributed by atoms with van der Waals surface area (Å²) in [5.74, 6) is 0.233. The van der Waals surface area contributed by atoms with Gasteiger partial charge in [0.1, 0.15) is 5.82 Å². The first kappa shape index (κ1) is 24.1. The standard InChI is InChI=1S/C24H24F3N5O3/c1-13(16-9-17(24(25,26)27)12-18(28)10-16)29-21-19-11-15(3-4-20(19)31(2)22(33)30-21)14-5-7-32(8-6-14)23(34)35/h3-5,9-13H,6-8,28H2,1-2H3,(H,34,35)(H,29,30,33). The normalized spacial score (nSPS) is 15.1. The smallest absolute Gasteiger partial charge is 0.416 e. The molecule has 0 spiro atoms.